The number of methoxy groups -OCH3 is 1. The van der Waals surface area contributed by atoms with E-state index in [0.29, 0.717) is 17.9 Å². The lowest BCUT2D eigenvalue weighted by atomic mass is 9.94. The molecule has 1 amide bonds. The van der Waals surface area contributed by atoms with Gasteiger partial charge < -0.3 is 10.1 Å². The van der Waals surface area contributed by atoms with Crippen LogP contribution in [0.15, 0.2) is 48.5 Å². The van der Waals surface area contributed by atoms with Crippen molar-refractivity contribution in [2.75, 3.05) is 13.7 Å². The molecule has 1 aliphatic heterocycles. The Bertz CT molecular complexity index is 794. The van der Waals surface area contributed by atoms with E-state index < -0.39 is 11.7 Å². The predicted molar refractivity (Wildman–Crippen MR) is 93.7 cm³/mol. The number of carbonyl (C=O) groups is 1. The van der Waals surface area contributed by atoms with Crippen LogP contribution in [0, 0.1) is 5.92 Å². The average Bonchev–Trinajstić information content (AvgIpc) is 3.16. The fourth-order valence-electron chi connectivity index (χ4n) is 3.02. The van der Waals surface area contributed by atoms with Crippen molar-refractivity contribution in [2.24, 2.45) is 5.92 Å². The molecule has 5 nitrogen and oxygen atoms in total. The molecular weight excluding hydrogens is 359 g/mol. The van der Waals surface area contributed by atoms with Crippen LogP contribution in [0.2, 0.25) is 0 Å². The largest absolute Gasteiger partial charge is 0.497 e. The minimum absolute atomic E-state index is 0.165. The number of carbonyl (C=O) groups excluding carboxylic acids is 1. The van der Waals surface area contributed by atoms with Crippen LogP contribution in [0.4, 0.5) is 13.2 Å². The first-order valence-electron chi connectivity index (χ1n) is 8.44. The number of hydrazine groups is 1. The van der Waals surface area contributed by atoms with Gasteiger partial charge in [-0.25, -0.2) is 5.43 Å². The van der Waals surface area contributed by atoms with Gasteiger partial charge in [-0.05, 0) is 35.4 Å². The van der Waals surface area contributed by atoms with Gasteiger partial charge in [0.1, 0.15) is 5.75 Å². The lowest BCUT2D eigenvalue weighted by Crippen LogP contribution is -2.34. The Balaban J connectivity index is 1.63. The lowest BCUT2D eigenvalue weighted by molar-refractivity contribution is -0.137. The molecule has 2 atom stereocenters. The molecule has 1 aliphatic rings. The molecule has 144 valence electrons. The van der Waals surface area contributed by atoms with E-state index in [-0.39, 0.29) is 24.4 Å². The zero-order valence-electron chi connectivity index (χ0n) is 14.6. The Morgan fingerprint density at radius 3 is 2.63 bits per heavy atom. The van der Waals surface area contributed by atoms with Gasteiger partial charge in [-0.1, -0.05) is 24.3 Å². The molecule has 3 rings (SSSR count). The third-order valence-electron chi connectivity index (χ3n) is 4.52. The van der Waals surface area contributed by atoms with Crippen molar-refractivity contribution >= 4 is 5.91 Å². The molecule has 2 aromatic rings. The number of nitrogens with one attached hydrogen (secondary N) is 3. The van der Waals surface area contributed by atoms with Crippen molar-refractivity contribution in [3.8, 4) is 5.75 Å². The first-order chi connectivity index (χ1) is 12.9. The summed E-state index contributed by atoms with van der Waals surface area (Å²) in [5.41, 5.74) is 6.88. The van der Waals surface area contributed by atoms with Gasteiger partial charge in [-0.2, -0.15) is 13.2 Å². The maximum atomic E-state index is 12.6. The number of benzene rings is 2. The Morgan fingerprint density at radius 1 is 1.22 bits per heavy atom. The summed E-state index contributed by atoms with van der Waals surface area (Å²) in [6, 6.07) is 12.0. The van der Waals surface area contributed by atoms with Crippen molar-refractivity contribution in [3.63, 3.8) is 0 Å². The highest BCUT2D eigenvalue weighted by Gasteiger charge is 2.34. The van der Waals surface area contributed by atoms with Crippen LogP contribution in [0.1, 0.15) is 22.7 Å². The highest BCUT2D eigenvalue weighted by atomic mass is 19.4. The summed E-state index contributed by atoms with van der Waals surface area (Å²) in [6.07, 6.45) is -4.37. The van der Waals surface area contributed by atoms with Crippen molar-refractivity contribution < 1.29 is 22.7 Å². The number of halogens is 3. The van der Waals surface area contributed by atoms with E-state index >= 15 is 0 Å². The van der Waals surface area contributed by atoms with E-state index in [2.05, 4.69) is 16.2 Å². The molecule has 27 heavy (non-hydrogen) atoms. The number of alkyl halides is 3. The molecule has 0 bridgehead atoms. The van der Waals surface area contributed by atoms with Crippen molar-refractivity contribution in [1.29, 1.82) is 0 Å². The van der Waals surface area contributed by atoms with Gasteiger partial charge in [0.25, 0.3) is 0 Å². The summed E-state index contributed by atoms with van der Waals surface area (Å²) in [6.45, 7) is 0.610. The Labute approximate surface area is 154 Å². The van der Waals surface area contributed by atoms with Gasteiger partial charge in [-0.3, -0.25) is 10.2 Å². The molecule has 3 N–H and O–H groups in total. The number of ether oxygens (including phenoxy) is 1. The maximum Gasteiger partial charge on any atom is 0.416 e. The maximum absolute atomic E-state index is 12.6. The molecule has 1 fully saturated rings. The Kier molecular flexibility index (Phi) is 5.67. The molecule has 0 aromatic heterocycles. The van der Waals surface area contributed by atoms with Gasteiger partial charge >= 0.3 is 6.18 Å². The molecule has 2 aromatic carbocycles. The smallest absolute Gasteiger partial charge is 0.416 e. The SMILES string of the molecule is COc1cccc(C2NNCC2C(=O)NCc2ccc(C(F)(F)F)cc2)c1. The third-order valence-corrected chi connectivity index (χ3v) is 4.52. The minimum Gasteiger partial charge on any atom is -0.497 e. The van der Waals surface area contributed by atoms with Gasteiger partial charge in [0.05, 0.1) is 24.6 Å². The molecule has 0 aliphatic carbocycles. The first kappa shape index (κ1) is 19.2. The second-order valence-electron chi connectivity index (χ2n) is 6.30. The van der Waals surface area contributed by atoms with Crippen LogP contribution in [-0.2, 0) is 17.5 Å². The topological polar surface area (TPSA) is 62.4 Å². The fraction of sp³-hybridized carbons (Fsp3) is 0.316. The second kappa shape index (κ2) is 7.98. The van der Waals surface area contributed by atoms with Crippen LogP contribution in [0.25, 0.3) is 0 Å². The van der Waals surface area contributed by atoms with E-state index in [1.165, 1.54) is 12.1 Å². The first-order valence-corrected chi connectivity index (χ1v) is 8.44. The van der Waals surface area contributed by atoms with E-state index in [1.54, 1.807) is 7.11 Å². The zero-order chi connectivity index (χ0) is 19.4. The predicted octanol–water partition coefficient (Wildman–Crippen LogP) is 2.80. The number of rotatable bonds is 5. The molecule has 1 heterocycles. The molecule has 8 heteroatoms. The van der Waals surface area contributed by atoms with Crippen LogP contribution < -0.4 is 20.9 Å². The van der Waals surface area contributed by atoms with E-state index in [4.69, 9.17) is 4.74 Å². The van der Waals surface area contributed by atoms with E-state index in [1.807, 2.05) is 24.3 Å². The third kappa shape index (κ3) is 4.58. The van der Waals surface area contributed by atoms with Crippen LogP contribution in [0.3, 0.4) is 0 Å². The van der Waals surface area contributed by atoms with Crippen molar-refractivity contribution in [2.45, 2.75) is 18.8 Å². The highest BCUT2D eigenvalue weighted by Crippen LogP contribution is 2.29. The van der Waals surface area contributed by atoms with E-state index in [9.17, 15) is 18.0 Å². The Morgan fingerprint density at radius 2 is 1.96 bits per heavy atom. The van der Waals surface area contributed by atoms with Crippen molar-refractivity contribution in [1.82, 2.24) is 16.2 Å². The van der Waals surface area contributed by atoms with Gasteiger partial charge in [-0.15, -0.1) is 0 Å². The van der Waals surface area contributed by atoms with Crippen molar-refractivity contribution in [3.05, 3.63) is 65.2 Å². The average molecular weight is 379 g/mol. The molecule has 0 spiro atoms. The van der Waals surface area contributed by atoms with Gasteiger partial charge in [0.2, 0.25) is 5.91 Å². The van der Waals surface area contributed by atoms with Crippen LogP contribution in [-0.4, -0.2) is 19.6 Å². The summed E-state index contributed by atoms with van der Waals surface area (Å²) in [4.78, 5) is 12.6. The van der Waals surface area contributed by atoms with E-state index in [0.717, 1.165) is 17.7 Å². The standard InChI is InChI=1S/C19H20F3N3O2/c1-27-15-4-2-3-13(9-15)17-16(11-24-25-17)18(26)23-10-12-5-7-14(8-6-12)19(20,21)22/h2-9,16-17,24-25H,10-11H2,1H3,(H,23,26). The molecule has 0 radical (unpaired) electrons. The lowest BCUT2D eigenvalue weighted by Gasteiger charge is -2.19. The van der Waals surface area contributed by atoms with Gasteiger partial charge in [0.15, 0.2) is 0 Å². The monoisotopic (exact) mass is 379 g/mol. The summed E-state index contributed by atoms with van der Waals surface area (Å²) >= 11 is 0. The highest BCUT2D eigenvalue weighted by molar-refractivity contribution is 5.80. The Hall–Kier alpha value is -2.58. The number of hydrogen-bond donors (Lipinski definition) is 3. The fourth-order valence-corrected chi connectivity index (χ4v) is 3.02. The van der Waals surface area contributed by atoms with Crippen LogP contribution >= 0.6 is 0 Å². The molecule has 0 saturated carbocycles. The normalized spacial score (nSPS) is 19.7. The molecular formula is C19H20F3N3O2. The summed E-state index contributed by atoms with van der Waals surface area (Å²) in [7, 11) is 1.58. The quantitative estimate of drug-likeness (QED) is 0.748. The number of hydrogen-bond acceptors (Lipinski definition) is 4. The molecule has 1 saturated heterocycles. The second-order valence-corrected chi connectivity index (χ2v) is 6.30. The zero-order valence-corrected chi connectivity index (χ0v) is 14.6. The molecule has 2 unspecified atom stereocenters. The van der Waals surface area contributed by atoms with Crippen LogP contribution in [0.5, 0.6) is 5.75 Å². The summed E-state index contributed by atoms with van der Waals surface area (Å²) in [5.74, 6) is 0.164. The number of amides is 1. The summed E-state index contributed by atoms with van der Waals surface area (Å²) < 4.78 is 43.0. The minimum atomic E-state index is -4.37. The summed E-state index contributed by atoms with van der Waals surface area (Å²) in [5, 5.41) is 2.80. The van der Waals surface area contributed by atoms with Gasteiger partial charge in [0, 0.05) is 13.1 Å².